The van der Waals surface area contributed by atoms with Crippen LogP contribution in [0.25, 0.3) is 0 Å². The third-order valence-electron chi connectivity index (χ3n) is 2.31. The molecule has 5 heteroatoms. The minimum atomic E-state index is 0.00569. The number of amides is 1. The maximum absolute atomic E-state index is 11.6. The zero-order valence-electron chi connectivity index (χ0n) is 8.04. The van der Waals surface area contributed by atoms with Crippen molar-refractivity contribution in [3.05, 3.63) is 11.8 Å². The Morgan fingerprint density at radius 1 is 1.79 bits per heavy atom. The molecule has 0 aliphatic carbocycles. The van der Waals surface area contributed by atoms with Crippen molar-refractivity contribution < 1.29 is 9.32 Å². The van der Waals surface area contributed by atoms with Gasteiger partial charge in [-0.2, -0.15) is 0 Å². The van der Waals surface area contributed by atoms with Crippen molar-refractivity contribution in [2.24, 2.45) is 5.92 Å². The maximum Gasteiger partial charge on any atom is 0.231 e. The quantitative estimate of drug-likeness (QED) is 0.722. The Morgan fingerprint density at radius 3 is 3.21 bits per heavy atom. The van der Waals surface area contributed by atoms with E-state index in [1.54, 1.807) is 6.07 Å². The SMILES string of the molecule is Cc1cc(NC(=O)C2CCNC2)on1. The van der Waals surface area contributed by atoms with Gasteiger partial charge in [-0.25, -0.2) is 0 Å². The highest BCUT2D eigenvalue weighted by Crippen LogP contribution is 2.13. The molecule has 5 nitrogen and oxygen atoms in total. The first-order chi connectivity index (χ1) is 6.75. The summed E-state index contributed by atoms with van der Waals surface area (Å²) < 4.78 is 4.89. The Balaban J connectivity index is 1.93. The van der Waals surface area contributed by atoms with Gasteiger partial charge in [0.1, 0.15) is 0 Å². The van der Waals surface area contributed by atoms with Gasteiger partial charge in [0.15, 0.2) is 0 Å². The van der Waals surface area contributed by atoms with Crippen LogP contribution in [0, 0.1) is 12.8 Å². The Bertz CT molecular complexity index is 329. The summed E-state index contributed by atoms with van der Waals surface area (Å²) in [4.78, 5) is 11.6. The molecule has 1 fully saturated rings. The van der Waals surface area contributed by atoms with Gasteiger partial charge in [-0.15, -0.1) is 0 Å². The van der Waals surface area contributed by atoms with E-state index < -0.39 is 0 Å². The lowest BCUT2D eigenvalue weighted by Gasteiger charge is -2.05. The van der Waals surface area contributed by atoms with Crippen molar-refractivity contribution in [3.63, 3.8) is 0 Å². The van der Waals surface area contributed by atoms with Gasteiger partial charge in [0, 0.05) is 12.6 Å². The molecule has 0 radical (unpaired) electrons. The van der Waals surface area contributed by atoms with Crippen LogP contribution < -0.4 is 10.6 Å². The first kappa shape index (κ1) is 9.21. The predicted molar refractivity (Wildman–Crippen MR) is 50.8 cm³/mol. The second-order valence-electron chi connectivity index (χ2n) is 3.51. The zero-order chi connectivity index (χ0) is 9.97. The summed E-state index contributed by atoms with van der Waals surface area (Å²) in [5.41, 5.74) is 0.768. The smallest absolute Gasteiger partial charge is 0.231 e. The van der Waals surface area contributed by atoms with E-state index >= 15 is 0 Å². The number of aromatic nitrogens is 1. The molecule has 0 aromatic carbocycles. The van der Waals surface area contributed by atoms with E-state index in [2.05, 4.69) is 15.8 Å². The van der Waals surface area contributed by atoms with Crippen LogP contribution in [0.15, 0.2) is 10.6 Å². The summed E-state index contributed by atoms with van der Waals surface area (Å²) in [6, 6.07) is 1.71. The number of nitrogens with zero attached hydrogens (tertiary/aromatic N) is 1. The minimum absolute atomic E-state index is 0.00569. The Hall–Kier alpha value is -1.36. The summed E-state index contributed by atoms with van der Waals surface area (Å²) in [6.45, 7) is 3.47. The van der Waals surface area contributed by atoms with Gasteiger partial charge in [-0.3, -0.25) is 10.1 Å². The van der Waals surface area contributed by atoms with E-state index in [1.807, 2.05) is 6.92 Å². The molecule has 0 saturated carbocycles. The van der Waals surface area contributed by atoms with Crippen LogP contribution in [-0.4, -0.2) is 24.2 Å². The van der Waals surface area contributed by atoms with E-state index in [4.69, 9.17) is 4.52 Å². The van der Waals surface area contributed by atoms with Gasteiger partial charge in [0.2, 0.25) is 11.8 Å². The van der Waals surface area contributed by atoms with Crippen molar-refractivity contribution in [3.8, 4) is 0 Å². The summed E-state index contributed by atoms with van der Waals surface area (Å²) >= 11 is 0. The highest BCUT2D eigenvalue weighted by molar-refractivity contribution is 5.91. The topological polar surface area (TPSA) is 67.2 Å². The van der Waals surface area contributed by atoms with Crippen molar-refractivity contribution >= 4 is 11.8 Å². The lowest BCUT2D eigenvalue weighted by molar-refractivity contribution is -0.119. The monoisotopic (exact) mass is 195 g/mol. The molecule has 2 heterocycles. The average Bonchev–Trinajstić information content (AvgIpc) is 2.75. The third kappa shape index (κ3) is 1.93. The van der Waals surface area contributed by atoms with Crippen molar-refractivity contribution in [1.29, 1.82) is 0 Å². The van der Waals surface area contributed by atoms with Crippen molar-refractivity contribution in [2.45, 2.75) is 13.3 Å². The van der Waals surface area contributed by atoms with Gasteiger partial charge < -0.3 is 9.84 Å². The Labute approximate surface area is 81.8 Å². The van der Waals surface area contributed by atoms with Crippen molar-refractivity contribution in [1.82, 2.24) is 10.5 Å². The minimum Gasteiger partial charge on any atom is -0.338 e. The number of nitrogens with one attached hydrogen (secondary N) is 2. The van der Waals surface area contributed by atoms with Crippen LogP contribution in [0.3, 0.4) is 0 Å². The fourth-order valence-corrected chi connectivity index (χ4v) is 1.52. The van der Waals surface area contributed by atoms with Gasteiger partial charge in [-0.1, -0.05) is 5.16 Å². The highest BCUT2D eigenvalue weighted by atomic mass is 16.5. The van der Waals surface area contributed by atoms with Crippen LogP contribution in [0.4, 0.5) is 5.88 Å². The van der Waals surface area contributed by atoms with E-state index in [9.17, 15) is 4.79 Å². The number of hydrogen-bond donors (Lipinski definition) is 2. The molecule has 1 aromatic heterocycles. The zero-order valence-corrected chi connectivity index (χ0v) is 8.04. The number of hydrogen-bond acceptors (Lipinski definition) is 4. The first-order valence-corrected chi connectivity index (χ1v) is 4.70. The second-order valence-corrected chi connectivity index (χ2v) is 3.51. The molecule has 0 bridgehead atoms. The summed E-state index contributed by atoms with van der Waals surface area (Å²) in [6.07, 6.45) is 0.888. The van der Waals surface area contributed by atoms with Crippen LogP contribution >= 0.6 is 0 Å². The first-order valence-electron chi connectivity index (χ1n) is 4.70. The normalized spacial score (nSPS) is 21.1. The summed E-state index contributed by atoms with van der Waals surface area (Å²) in [5.74, 6) is 0.492. The highest BCUT2D eigenvalue weighted by Gasteiger charge is 2.23. The van der Waals surface area contributed by atoms with E-state index in [1.165, 1.54) is 0 Å². The molecular formula is C9H13N3O2. The van der Waals surface area contributed by atoms with Gasteiger partial charge in [0.05, 0.1) is 11.6 Å². The molecule has 14 heavy (non-hydrogen) atoms. The largest absolute Gasteiger partial charge is 0.338 e. The van der Waals surface area contributed by atoms with Gasteiger partial charge in [-0.05, 0) is 19.9 Å². The molecule has 76 valence electrons. The molecule has 1 aromatic rings. The fourth-order valence-electron chi connectivity index (χ4n) is 1.52. The van der Waals surface area contributed by atoms with E-state index in [-0.39, 0.29) is 11.8 Å². The lowest BCUT2D eigenvalue weighted by Crippen LogP contribution is -2.24. The standard InChI is InChI=1S/C9H13N3O2/c1-6-4-8(14-12-6)11-9(13)7-2-3-10-5-7/h4,7,10H,2-3,5H2,1H3,(H,11,13). The van der Waals surface area contributed by atoms with Crippen LogP contribution in [0.5, 0.6) is 0 Å². The van der Waals surface area contributed by atoms with Crippen LogP contribution in [-0.2, 0) is 4.79 Å². The Morgan fingerprint density at radius 2 is 2.64 bits per heavy atom. The van der Waals surface area contributed by atoms with E-state index in [0.29, 0.717) is 5.88 Å². The van der Waals surface area contributed by atoms with Crippen LogP contribution in [0.1, 0.15) is 12.1 Å². The summed E-state index contributed by atoms with van der Waals surface area (Å²) in [5, 5.41) is 9.52. The Kier molecular flexibility index (Phi) is 2.49. The predicted octanol–water partition coefficient (Wildman–Crippen LogP) is 0.531. The van der Waals surface area contributed by atoms with Crippen LogP contribution in [0.2, 0.25) is 0 Å². The number of rotatable bonds is 2. The molecule has 1 aliphatic rings. The van der Waals surface area contributed by atoms with E-state index in [0.717, 1.165) is 25.2 Å². The second kappa shape index (κ2) is 3.79. The summed E-state index contributed by atoms with van der Waals surface area (Å²) in [7, 11) is 0. The molecule has 1 saturated heterocycles. The number of anilines is 1. The van der Waals surface area contributed by atoms with Crippen molar-refractivity contribution in [2.75, 3.05) is 18.4 Å². The molecule has 0 spiro atoms. The van der Waals surface area contributed by atoms with Gasteiger partial charge in [0.25, 0.3) is 0 Å². The molecular weight excluding hydrogens is 182 g/mol. The average molecular weight is 195 g/mol. The molecule has 1 aliphatic heterocycles. The number of aryl methyl sites for hydroxylation is 1. The van der Waals surface area contributed by atoms with Gasteiger partial charge >= 0.3 is 0 Å². The molecule has 1 atom stereocenters. The number of carbonyl (C=O) groups excluding carboxylic acids is 1. The molecule has 2 rings (SSSR count). The number of carbonyl (C=O) groups is 1. The molecule has 2 N–H and O–H groups in total. The molecule has 1 unspecified atom stereocenters. The third-order valence-corrected chi connectivity index (χ3v) is 2.31. The lowest BCUT2D eigenvalue weighted by atomic mass is 10.1. The fraction of sp³-hybridized carbons (Fsp3) is 0.556. The maximum atomic E-state index is 11.6. The molecule has 1 amide bonds.